The Morgan fingerprint density at radius 3 is 2.12 bits per heavy atom. The van der Waals surface area contributed by atoms with Crippen molar-refractivity contribution < 1.29 is 4.42 Å². The monoisotopic (exact) mass is 553 g/mol. The maximum absolute atomic E-state index is 6.53. The predicted octanol–water partition coefficient (Wildman–Crippen LogP) is 11.5. The minimum absolute atomic E-state index is 0.873. The van der Waals surface area contributed by atoms with E-state index in [1.807, 2.05) is 17.4 Å². The van der Waals surface area contributed by atoms with Gasteiger partial charge < -0.3 is 4.42 Å². The molecule has 0 amide bonds. The van der Waals surface area contributed by atoms with Gasteiger partial charge in [-0.2, -0.15) is 0 Å². The first-order valence-electron chi connectivity index (χ1n) is 14.1. The second-order valence-corrected chi connectivity index (χ2v) is 11.8. The molecular weight excluding hydrogens is 531 g/mol. The summed E-state index contributed by atoms with van der Waals surface area (Å²) >= 11 is 1.86. The van der Waals surface area contributed by atoms with Crippen molar-refractivity contribution in [3.8, 4) is 33.5 Å². The smallest absolute Gasteiger partial charge is 0.136 e. The highest BCUT2D eigenvalue weighted by molar-refractivity contribution is 7.26. The van der Waals surface area contributed by atoms with Crippen LogP contribution in [0, 0.1) is 0 Å². The molecule has 3 heteroatoms. The Balaban J connectivity index is 1.38. The fourth-order valence-corrected chi connectivity index (χ4v) is 7.58. The van der Waals surface area contributed by atoms with E-state index in [-0.39, 0.29) is 0 Å². The van der Waals surface area contributed by atoms with E-state index < -0.39 is 0 Å². The fourth-order valence-electron chi connectivity index (χ4n) is 6.35. The molecule has 0 aliphatic rings. The SMILES string of the molecule is c1ccc(-c2cc(-c3cc(-c4cccc5c4sc4ccccc45)c4c(c3)oc3ccccc34)nc3ccccc23)cc1. The van der Waals surface area contributed by atoms with Gasteiger partial charge in [0.2, 0.25) is 0 Å². The molecular formula is C39H23NOS. The molecule has 6 aromatic carbocycles. The number of benzene rings is 6. The van der Waals surface area contributed by atoms with Crippen LogP contribution in [0.1, 0.15) is 0 Å². The zero-order chi connectivity index (χ0) is 27.6. The second-order valence-electron chi connectivity index (χ2n) is 10.7. The third-order valence-electron chi connectivity index (χ3n) is 8.27. The van der Waals surface area contributed by atoms with Crippen LogP contribution < -0.4 is 0 Å². The molecule has 0 N–H and O–H groups in total. The summed E-state index contributed by atoms with van der Waals surface area (Å²) in [5, 5.41) is 6.00. The van der Waals surface area contributed by atoms with Gasteiger partial charge in [-0.1, -0.05) is 103 Å². The molecule has 0 atom stereocenters. The summed E-state index contributed by atoms with van der Waals surface area (Å²) in [5.74, 6) is 0. The zero-order valence-corrected chi connectivity index (χ0v) is 23.4. The number of hydrogen-bond acceptors (Lipinski definition) is 3. The van der Waals surface area contributed by atoms with Crippen LogP contribution in [0.4, 0.5) is 0 Å². The van der Waals surface area contributed by atoms with Crippen LogP contribution in [0.2, 0.25) is 0 Å². The number of thiophene rings is 1. The van der Waals surface area contributed by atoms with Crippen molar-refractivity contribution in [1.82, 2.24) is 4.98 Å². The first-order valence-corrected chi connectivity index (χ1v) is 14.9. The van der Waals surface area contributed by atoms with Crippen LogP contribution in [0.3, 0.4) is 0 Å². The van der Waals surface area contributed by atoms with Crippen molar-refractivity contribution in [1.29, 1.82) is 0 Å². The quantitative estimate of drug-likeness (QED) is 0.217. The Kier molecular flexibility index (Phi) is 5.10. The molecule has 0 aliphatic heterocycles. The number of nitrogens with zero attached hydrogens (tertiary/aromatic N) is 1. The summed E-state index contributed by atoms with van der Waals surface area (Å²) < 4.78 is 9.12. The fraction of sp³-hybridized carbons (Fsp3) is 0. The van der Waals surface area contributed by atoms with Gasteiger partial charge >= 0.3 is 0 Å². The van der Waals surface area contributed by atoms with Gasteiger partial charge in [-0.05, 0) is 53.1 Å². The lowest BCUT2D eigenvalue weighted by Crippen LogP contribution is -1.91. The summed E-state index contributed by atoms with van der Waals surface area (Å²) in [5.41, 5.74) is 9.45. The number of fused-ring (bicyclic) bond motifs is 7. The number of rotatable bonds is 3. The molecule has 0 saturated carbocycles. The summed E-state index contributed by atoms with van der Waals surface area (Å²) in [4.78, 5) is 5.19. The highest BCUT2D eigenvalue weighted by Gasteiger charge is 2.19. The molecule has 9 rings (SSSR count). The molecule has 3 heterocycles. The molecule has 0 radical (unpaired) electrons. The maximum atomic E-state index is 6.53. The van der Waals surface area contributed by atoms with Gasteiger partial charge in [-0.25, -0.2) is 4.98 Å². The van der Waals surface area contributed by atoms with E-state index in [4.69, 9.17) is 9.40 Å². The first-order chi connectivity index (χ1) is 20.8. The van der Waals surface area contributed by atoms with Crippen molar-refractivity contribution in [2.24, 2.45) is 0 Å². The van der Waals surface area contributed by atoms with E-state index in [1.54, 1.807) is 0 Å². The minimum atomic E-state index is 0.873. The van der Waals surface area contributed by atoms with Gasteiger partial charge in [-0.3, -0.25) is 0 Å². The van der Waals surface area contributed by atoms with Gasteiger partial charge in [-0.15, -0.1) is 11.3 Å². The van der Waals surface area contributed by atoms with E-state index in [2.05, 4.69) is 133 Å². The summed E-state index contributed by atoms with van der Waals surface area (Å²) in [6, 6.07) is 49.4. The summed E-state index contributed by atoms with van der Waals surface area (Å²) in [7, 11) is 0. The molecule has 0 bridgehead atoms. The van der Waals surface area contributed by atoms with Gasteiger partial charge in [0.15, 0.2) is 0 Å². The number of para-hydroxylation sites is 2. The predicted molar refractivity (Wildman–Crippen MR) is 178 cm³/mol. The van der Waals surface area contributed by atoms with Crippen molar-refractivity contribution in [2.75, 3.05) is 0 Å². The van der Waals surface area contributed by atoms with E-state index >= 15 is 0 Å². The zero-order valence-electron chi connectivity index (χ0n) is 22.5. The lowest BCUT2D eigenvalue weighted by Gasteiger charge is -2.13. The molecule has 0 spiro atoms. The molecule has 0 aliphatic carbocycles. The number of pyridine rings is 1. The van der Waals surface area contributed by atoms with Gasteiger partial charge in [0.05, 0.1) is 11.2 Å². The third kappa shape index (κ3) is 3.54. The van der Waals surface area contributed by atoms with Gasteiger partial charge in [0, 0.05) is 47.5 Å². The Morgan fingerprint density at radius 2 is 1.21 bits per heavy atom. The Morgan fingerprint density at radius 1 is 0.476 bits per heavy atom. The first kappa shape index (κ1) is 23.5. The standard InChI is InChI=1S/C39H23NOS/c1-2-11-24(12-3-1)31-23-34(40-33-18-7-4-13-26(31)33)25-21-32(38-30-15-5-8-19-35(30)41-36(38)22-25)29-17-10-16-28-27-14-6-9-20-37(27)42-39(28)29/h1-23H. The summed E-state index contributed by atoms with van der Waals surface area (Å²) in [6.07, 6.45) is 0. The lowest BCUT2D eigenvalue weighted by atomic mass is 9.93. The van der Waals surface area contributed by atoms with E-state index in [9.17, 15) is 0 Å². The van der Waals surface area contributed by atoms with E-state index in [1.165, 1.54) is 42.4 Å². The van der Waals surface area contributed by atoms with Gasteiger partial charge in [0.1, 0.15) is 11.2 Å². The van der Waals surface area contributed by atoms with Gasteiger partial charge in [0.25, 0.3) is 0 Å². The largest absolute Gasteiger partial charge is 0.456 e. The van der Waals surface area contributed by atoms with Crippen LogP contribution in [0.25, 0.3) is 86.5 Å². The number of aromatic nitrogens is 1. The van der Waals surface area contributed by atoms with Crippen molar-refractivity contribution >= 4 is 64.4 Å². The average molecular weight is 554 g/mol. The molecule has 0 saturated heterocycles. The normalized spacial score (nSPS) is 11.8. The second kappa shape index (κ2) is 9.13. The topological polar surface area (TPSA) is 26.0 Å². The summed E-state index contributed by atoms with van der Waals surface area (Å²) in [6.45, 7) is 0. The van der Waals surface area contributed by atoms with Crippen LogP contribution >= 0.6 is 11.3 Å². The minimum Gasteiger partial charge on any atom is -0.456 e. The van der Waals surface area contributed by atoms with Crippen LogP contribution in [-0.2, 0) is 0 Å². The highest BCUT2D eigenvalue weighted by Crippen LogP contribution is 2.45. The lowest BCUT2D eigenvalue weighted by molar-refractivity contribution is 0.669. The Labute approximate surface area is 246 Å². The number of hydrogen-bond donors (Lipinski definition) is 0. The molecule has 0 fully saturated rings. The van der Waals surface area contributed by atoms with Crippen LogP contribution in [-0.4, -0.2) is 4.98 Å². The van der Waals surface area contributed by atoms with E-state index in [0.717, 1.165) is 44.1 Å². The Hall–Kier alpha value is -5.25. The van der Waals surface area contributed by atoms with Crippen molar-refractivity contribution in [2.45, 2.75) is 0 Å². The third-order valence-corrected chi connectivity index (χ3v) is 9.49. The van der Waals surface area contributed by atoms with E-state index in [0.29, 0.717) is 0 Å². The Bertz CT molecular complexity index is 2470. The molecule has 42 heavy (non-hydrogen) atoms. The maximum Gasteiger partial charge on any atom is 0.136 e. The molecule has 3 aromatic heterocycles. The van der Waals surface area contributed by atoms with Crippen molar-refractivity contribution in [3.63, 3.8) is 0 Å². The molecule has 9 aromatic rings. The molecule has 2 nitrogen and oxygen atoms in total. The number of furan rings is 1. The van der Waals surface area contributed by atoms with Crippen LogP contribution in [0.5, 0.6) is 0 Å². The van der Waals surface area contributed by atoms with Crippen molar-refractivity contribution in [3.05, 3.63) is 140 Å². The molecule has 0 unspecified atom stereocenters. The average Bonchev–Trinajstić information content (AvgIpc) is 3.63. The molecule has 196 valence electrons. The van der Waals surface area contributed by atoms with Crippen LogP contribution in [0.15, 0.2) is 144 Å². The highest BCUT2D eigenvalue weighted by atomic mass is 32.1.